The summed E-state index contributed by atoms with van der Waals surface area (Å²) in [6.45, 7) is 2.92. The maximum atomic E-state index is 12.8. The molecule has 2 fully saturated rings. The molecular formula is C13H16Cl2N2O2S. The monoisotopic (exact) mass is 334 g/mol. The molecule has 2 aliphatic rings. The molecule has 4 nitrogen and oxygen atoms in total. The van der Waals surface area contributed by atoms with Gasteiger partial charge in [0.1, 0.15) is 4.90 Å². The highest BCUT2D eigenvalue weighted by molar-refractivity contribution is 7.89. The zero-order chi connectivity index (χ0) is 14.4. The van der Waals surface area contributed by atoms with Gasteiger partial charge in [-0.2, -0.15) is 4.31 Å². The molecule has 0 radical (unpaired) electrons. The molecule has 1 unspecified atom stereocenters. The predicted octanol–water partition coefficient (Wildman–Crippen LogP) is 2.37. The molecule has 1 aromatic carbocycles. The fourth-order valence-corrected chi connectivity index (χ4v) is 5.75. The van der Waals surface area contributed by atoms with Crippen molar-refractivity contribution in [3.8, 4) is 0 Å². The third-order valence-electron chi connectivity index (χ3n) is 4.25. The highest BCUT2D eigenvalue weighted by atomic mass is 35.5. The van der Waals surface area contributed by atoms with E-state index in [2.05, 4.69) is 5.32 Å². The van der Waals surface area contributed by atoms with Crippen LogP contribution in [0.25, 0.3) is 0 Å². The van der Waals surface area contributed by atoms with Crippen LogP contribution < -0.4 is 5.32 Å². The number of halogens is 2. The number of hydrogen-bond acceptors (Lipinski definition) is 3. The lowest BCUT2D eigenvalue weighted by atomic mass is 9.87. The Labute approximate surface area is 129 Å². The maximum Gasteiger partial charge on any atom is 0.246 e. The molecule has 0 amide bonds. The van der Waals surface area contributed by atoms with Gasteiger partial charge in [-0.3, -0.25) is 0 Å². The van der Waals surface area contributed by atoms with Crippen molar-refractivity contribution in [2.24, 2.45) is 5.41 Å². The van der Waals surface area contributed by atoms with E-state index in [4.69, 9.17) is 23.2 Å². The fourth-order valence-electron chi connectivity index (χ4n) is 3.10. The van der Waals surface area contributed by atoms with Crippen molar-refractivity contribution in [2.75, 3.05) is 26.2 Å². The van der Waals surface area contributed by atoms with Crippen LogP contribution in [-0.2, 0) is 10.0 Å². The molecule has 0 aliphatic carbocycles. The minimum Gasteiger partial charge on any atom is -0.316 e. The first-order valence-electron chi connectivity index (χ1n) is 6.60. The van der Waals surface area contributed by atoms with E-state index in [-0.39, 0.29) is 20.4 Å². The summed E-state index contributed by atoms with van der Waals surface area (Å²) in [5.41, 5.74) is 0.0841. The molecule has 1 N–H and O–H groups in total. The normalized spacial score (nSPS) is 27.5. The van der Waals surface area contributed by atoms with Gasteiger partial charge in [0.2, 0.25) is 10.0 Å². The van der Waals surface area contributed by atoms with E-state index in [0.717, 1.165) is 25.9 Å². The molecule has 2 aliphatic heterocycles. The first-order valence-corrected chi connectivity index (χ1v) is 8.79. The minimum atomic E-state index is -3.62. The molecule has 0 saturated carbocycles. The Morgan fingerprint density at radius 3 is 2.50 bits per heavy atom. The smallest absolute Gasteiger partial charge is 0.246 e. The first-order chi connectivity index (χ1) is 9.45. The second-order valence-corrected chi connectivity index (χ2v) is 8.26. The van der Waals surface area contributed by atoms with Gasteiger partial charge >= 0.3 is 0 Å². The standard InChI is InChI=1S/C13H16Cl2N2O2S/c14-10-2-1-3-11(15)12(10)20(18,19)17-7-5-13(9-17)4-6-16-8-13/h1-3,16H,4-9H2. The summed E-state index contributed by atoms with van der Waals surface area (Å²) in [6, 6.07) is 4.77. The molecule has 1 spiro atoms. The van der Waals surface area contributed by atoms with E-state index in [1.807, 2.05) is 0 Å². The van der Waals surface area contributed by atoms with Gasteiger partial charge in [0.05, 0.1) is 10.0 Å². The van der Waals surface area contributed by atoms with Gasteiger partial charge in [0, 0.05) is 19.6 Å². The van der Waals surface area contributed by atoms with Gasteiger partial charge in [0.25, 0.3) is 0 Å². The second kappa shape index (κ2) is 5.14. The Balaban J connectivity index is 1.94. The lowest BCUT2D eigenvalue weighted by Gasteiger charge is -2.23. The summed E-state index contributed by atoms with van der Waals surface area (Å²) < 4.78 is 27.0. The molecular weight excluding hydrogens is 319 g/mol. The predicted molar refractivity (Wildman–Crippen MR) is 79.8 cm³/mol. The van der Waals surface area contributed by atoms with Gasteiger partial charge < -0.3 is 5.32 Å². The minimum absolute atomic E-state index is 0.0336. The topological polar surface area (TPSA) is 49.4 Å². The maximum absolute atomic E-state index is 12.8. The number of rotatable bonds is 2. The van der Waals surface area contributed by atoms with Gasteiger partial charge in [-0.05, 0) is 36.9 Å². The van der Waals surface area contributed by atoms with Crippen molar-refractivity contribution in [3.63, 3.8) is 0 Å². The zero-order valence-electron chi connectivity index (χ0n) is 10.9. The van der Waals surface area contributed by atoms with E-state index in [1.165, 1.54) is 4.31 Å². The molecule has 7 heteroatoms. The molecule has 20 heavy (non-hydrogen) atoms. The Morgan fingerprint density at radius 1 is 1.20 bits per heavy atom. The van der Waals surface area contributed by atoms with Crippen molar-refractivity contribution < 1.29 is 8.42 Å². The quantitative estimate of drug-likeness (QED) is 0.903. The van der Waals surface area contributed by atoms with Crippen LogP contribution >= 0.6 is 23.2 Å². The van der Waals surface area contributed by atoms with Crippen molar-refractivity contribution in [3.05, 3.63) is 28.2 Å². The summed E-state index contributed by atoms with van der Waals surface area (Å²) in [7, 11) is -3.62. The summed E-state index contributed by atoms with van der Waals surface area (Å²) in [4.78, 5) is 0.0336. The van der Waals surface area contributed by atoms with E-state index >= 15 is 0 Å². The molecule has 0 aromatic heterocycles. The lowest BCUT2D eigenvalue weighted by molar-refractivity contribution is 0.338. The molecule has 3 rings (SSSR count). The van der Waals surface area contributed by atoms with E-state index in [0.29, 0.717) is 13.1 Å². The molecule has 1 aromatic rings. The Morgan fingerprint density at radius 2 is 1.90 bits per heavy atom. The van der Waals surface area contributed by atoms with Crippen LogP contribution in [0.4, 0.5) is 0 Å². The number of sulfonamides is 1. The van der Waals surface area contributed by atoms with Crippen molar-refractivity contribution in [2.45, 2.75) is 17.7 Å². The first kappa shape index (κ1) is 14.6. The van der Waals surface area contributed by atoms with Gasteiger partial charge in [-0.25, -0.2) is 8.42 Å². The van der Waals surface area contributed by atoms with Gasteiger partial charge in [0.15, 0.2) is 0 Å². The van der Waals surface area contributed by atoms with Crippen LogP contribution in [0.15, 0.2) is 23.1 Å². The third kappa shape index (κ3) is 2.35. The fraction of sp³-hybridized carbons (Fsp3) is 0.538. The zero-order valence-corrected chi connectivity index (χ0v) is 13.2. The van der Waals surface area contributed by atoms with Crippen LogP contribution in [0.5, 0.6) is 0 Å². The highest BCUT2D eigenvalue weighted by Gasteiger charge is 2.45. The Bertz CT molecular complexity index is 607. The Kier molecular flexibility index (Phi) is 3.75. The molecule has 2 saturated heterocycles. The largest absolute Gasteiger partial charge is 0.316 e. The van der Waals surface area contributed by atoms with Crippen molar-refractivity contribution in [1.82, 2.24) is 9.62 Å². The van der Waals surface area contributed by atoms with Gasteiger partial charge in [-0.15, -0.1) is 0 Å². The van der Waals surface area contributed by atoms with Crippen LogP contribution in [0.1, 0.15) is 12.8 Å². The van der Waals surface area contributed by atoms with Crippen LogP contribution in [0.3, 0.4) is 0 Å². The SMILES string of the molecule is O=S(=O)(c1c(Cl)cccc1Cl)N1CCC2(CCNC2)C1. The average molecular weight is 335 g/mol. The van der Waals surface area contributed by atoms with E-state index in [9.17, 15) is 8.42 Å². The number of hydrogen-bond donors (Lipinski definition) is 1. The lowest BCUT2D eigenvalue weighted by Crippen LogP contribution is -2.33. The van der Waals surface area contributed by atoms with E-state index in [1.54, 1.807) is 18.2 Å². The summed E-state index contributed by atoms with van der Waals surface area (Å²) in [6.07, 6.45) is 1.91. The molecule has 110 valence electrons. The average Bonchev–Trinajstić information content (AvgIpc) is 3.00. The Hall–Kier alpha value is -0.330. The summed E-state index contributed by atoms with van der Waals surface area (Å²) >= 11 is 12.1. The number of nitrogens with zero attached hydrogens (tertiary/aromatic N) is 1. The summed E-state index contributed by atoms with van der Waals surface area (Å²) in [5, 5.41) is 3.68. The van der Waals surface area contributed by atoms with Crippen LogP contribution in [-0.4, -0.2) is 38.9 Å². The van der Waals surface area contributed by atoms with Crippen LogP contribution in [0.2, 0.25) is 10.0 Å². The number of nitrogens with one attached hydrogen (secondary N) is 1. The third-order valence-corrected chi connectivity index (χ3v) is 7.05. The summed E-state index contributed by atoms with van der Waals surface area (Å²) in [5.74, 6) is 0. The van der Waals surface area contributed by atoms with Crippen molar-refractivity contribution in [1.29, 1.82) is 0 Å². The second-order valence-electron chi connectivity index (χ2n) is 5.57. The van der Waals surface area contributed by atoms with E-state index < -0.39 is 10.0 Å². The van der Waals surface area contributed by atoms with Crippen LogP contribution in [0, 0.1) is 5.41 Å². The van der Waals surface area contributed by atoms with Crippen molar-refractivity contribution >= 4 is 33.2 Å². The molecule has 1 atom stereocenters. The molecule has 2 heterocycles. The highest BCUT2D eigenvalue weighted by Crippen LogP contribution is 2.40. The molecule has 0 bridgehead atoms. The number of benzene rings is 1. The van der Waals surface area contributed by atoms with Gasteiger partial charge in [-0.1, -0.05) is 29.3 Å².